The smallest absolute Gasteiger partial charge is 0.338 e. The number of non-ortho nitro benzene ring substituents is 1. The lowest BCUT2D eigenvalue weighted by molar-refractivity contribution is -0.384. The van der Waals surface area contributed by atoms with E-state index in [1.54, 1.807) is 30.3 Å². The first kappa shape index (κ1) is 21.0. The highest BCUT2D eigenvalue weighted by molar-refractivity contribution is 5.96. The quantitative estimate of drug-likeness (QED) is 0.199. The number of aliphatic hydroxyl groups excluding tert-OH is 1. The predicted octanol–water partition coefficient (Wildman–Crippen LogP) is 2.91. The second kappa shape index (κ2) is 8.75. The van der Waals surface area contributed by atoms with Gasteiger partial charge in [-0.1, -0.05) is 12.1 Å². The third-order valence-electron chi connectivity index (χ3n) is 4.15. The number of carbonyl (C=O) groups excluding carboxylic acids is 2. The summed E-state index contributed by atoms with van der Waals surface area (Å²) in [6.45, 7) is -0.699. The van der Waals surface area contributed by atoms with Crippen LogP contribution < -0.4 is 0 Å². The van der Waals surface area contributed by atoms with E-state index in [0.717, 1.165) is 25.3 Å². The molecule has 3 aromatic rings. The fourth-order valence-corrected chi connectivity index (χ4v) is 2.68. The van der Waals surface area contributed by atoms with Gasteiger partial charge in [0.2, 0.25) is 0 Å². The molecule has 0 unspecified atom stereocenters. The number of methoxy groups -OCH3 is 1. The van der Waals surface area contributed by atoms with Crippen LogP contribution in [0.3, 0.4) is 0 Å². The minimum Gasteiger partial charge on any atom is -0.507 e. The van der Waals surface area contributed by atoms with Gasteiger partial charge in [-0.05, 0) is 18.2 Å². The van der Waals surface area contributed by atoms with Crippen molar-refractivity contribution in [2.24, 2.45) is 0 Å². The normalized spacial score (nSPS) is 11.4. The molecular weight excluding hydrogens is 408 g/mol. The molecule has 1 aromatic heterocycles. The van der Waals surface area contributed by atoms with E-state index in [4.69, 9.17) is 4.74 Å². The molecule has 0 aliphatic rings. The van der Waals surface area contributed by atoms with Gasteiger partial charge in [-0.15, -0.1) is 0 Å². The van der Waals surface area contributed by atoms with Crippen LogP contribution in [0.4, 0.5) is 5.69 Å². The molecule has 3 rings (SSSR count). The third kappa shape index (κ3) is 4.48. The molecule has 0 aliphatic carbocycles. The van der Waals surface area contributed by atoms with Gasteiger partial charge in [0.25, 0.3) is 5.69 Å². The summed E-state index contributed by atoms with van der Waals surface area (Å²) in [5.41, 5.74) is -0.0649. The number of aromatic amines is 1. The second-order valence-electron chi connectivity index (χ2n) is 6.13. The van der Waals surface area contributed by atoms with Crippen LogP contribution in [-0.4, -0.2) is 45.7 Å². The largest absolute Gasteiger partial charge is 0.507 e. The Morgan fingerprint density at radius 1 is 1.23 bits per heavy atom. The fraction of sp³-hybridized carbons (Fsp3) is 0.100. The van der Waals surface area contributed by atoms with Crippen LogP contribution in [-0.2, 0) is 9.47 Å². The maximum Gasteiger partial charge on any atom is 0.338 e. The van der Waals surface area contributed by atoms with E-state index >= 15 is 0 Å². The molecule has 0 saturated heterocycles. The number of ether oxygens (including phenoxy) is 2. The maximum absolute atomic E-state index is 12.3. The van der Waals surface area contributed by atoms with E-state index in [1.165, 1.54) is 0 Å². The Morgan fingerprint density at radius 3 is 2.52 bits per heavy atom. The van der Waals surface area contributed by atoms with Gasteiger partial charge in [0.15, 0.2) is 11.6 Å². The number of aromatic nitrogens is 2. The summed E-state index contributed by atoms with van der Waals surface area (Å²) < 4.78 is 9.47. The van der Waals surface area contributed by atoms with Crippen LogP contribution in [0.2, 0.25) is 0 Å². The van der Waals surface area contributed by atoms with Crippen molar-refractivity contribution in [2.75, 3.05) is 13.7 Å². The van der Waals surface area contributed by atoms with E-state index in [-0.39, 0.29) is 22.5 Å². The average Bonchev–Trinajstić information content (AvgIpc) is 3.20. The number of para-hydroxylation sites is 2. The molecule has 11 heteroatoms. The molecule has 2 N–H and O–H groups in total. The van der Waals surface area contributed by atoms with Crippen LogP contribution >= 0.6 is 0 Å². The summed E-state index contributed by atoms with van der Waals surface area (Å²) >= 11 is 0. The lowest BCUT2D eigenvalue weighted by Crippen LogP contribution is -2.11. The average molecular weight is 422 g/mol. The van der Waals surface area contributed by atoms with Crippen molar-refractivity contribution in [2.45, 2.75) is 0 Å². The number of imidazole rings is 1. The second-order valence-corrected chi connectivity index (χ2v) is 6.13. The number of rotatable bonds is 6. The minimum atomic E-state index is -1.05. The van der Waals surface area contributed by atoms with Crippen molar-refractivity contribution in [3.8, 4) is 6.07 Å². The van der Waals surface area contributed by atoms with Crippen molar-refractivity contribution in [3.05, 3.63) is 75.3 Å². The Balaban J connectivity index is 1.84. The van der Waals surface area contributed by atoms with Gasteiger partial charge >= 0.3 is 11.9 Å². The number of fused-ring (bicyclic) bond motifs is 1. The summed E-state index contributed by atoms with van der Waals surface area (Å²) in [5, 5.41) is 30.7. The monoisotopic (exact) mass is 422 g/mol. The van der Waals surface area contributed by atoms with Crippen molar-refractivity contribution < 1.29 is 29.1 Å². The number of H-pyrrole nitrogens is 1. The van der Waals surface area contributed by atoms with E-state index in [2.05, 4.69) is 14.7 Å². The molecule has 0 spiro atoms. The zero-order valence-electron chi connectivity index (χ0n) is 16.0. The molecule has 1 heterocycles. The number of carbonyl (C=O) groups is 2. The topological polar surface area (TPSA) is 168 Å². The zero-order chi connectivity index (χ0) is 22.5. The van der Waals surface area contributed by atoms with Crippen LogP contribution in [0, 0.1) is 21.4 Å². The molecule has 0 saturated carbocycles. The van der Waals surface area contributed by atoms with E-state index in [0.29, 0.717) is 11.0 Å². The number of hydrogen-bond acceptors (Lipinski definition) is 9. The highest BCUT2D eigenvalue weighted by Gasteiger charge is 2.20. The number of aliphatic hydroxyl groups is 1. The van der Waals surface area contributed by atoms with Crippen molar-refractivity contribution in [1.29, 1.82) is 5.26 Å². The summed E-state index contributed by atoms with van der Waals surface area (Å²) in [4.78, 5) is 41.4. The number of nitro groups is 1. The third-order valence-corrected chi connectivity index (χ3v) is 4.15. The minimum absolute atomic E-state index is 0.0839. The summed E-state index contributed by atoms with van der Waals surface area (Å²) in [7, 11) is 1.09. The maximum atomic E-state index is 12.3. The number of nitrogens with one attached hydrogen (secondary N) is 1. The van der Waals surface area contributed by atoms with Gasteiger partial charge in [-0.2, -0.15) is 5.26 Å². The lowest BCUT2D eigenvalue weighted by Gasteiger charge is -2.07. The number of esters is 2. The van der Waals surface area contributed by atoms with Crippen LogP contribution in [0.1, 0.15) is 26.5 Å². The van der Waals surface area contributed by atoms with E-state index in [9.17, 15) is 30.1 Å². The fourth-order valence-electron chi connectivity index (χ4n) is 2.68. The lowest BCUT2D eigenvalue weighted by atomic mass is 10.1. The molecule has 11 nitrogen and oxygen atoms in total. The van der Waals surface area contributed by atoms with Crippen molar-refractivity contribution >= 4 is 34.2 Å². The van der Waals surface area contributed by atoms with Crippen molar-refractivity contribution in [3.63, 3.8) is 0 Å². The highest BCUT2D eigenvalue weighted by Crippen LogP contribution is 2.21. The molecule has 156 valence electrons. The van der Waals surface area contributed by atoms with Crippen LogP contribution in [0.15, 0.2) is 48.2 Å². The van der Waals surface area contributed by atoms with Gasteiger partial charge in [-0.3, -0.25) is 10.1 Å². The first-order valence-corrected chi connectivity index (χ1v) is 8.66. The summed E-state index contributed by atoms with van der Waals surface area (Å²) in [6.07, 6.45) is 0. The van der Waals surface area contributed by atoms with Gasteiger partial charge in [-0.25, -0.2) is 14.6 Å². The highest BCUT2D eigenvalue weighted by atomic mass is 16.6. The summed E-state index contributed by atoms with van der Waals surface area (Å²) in [5.74, 6) is -2.42. The standard InChI is InChI=1S/C20H14N4O7/c1-30-19(26)11-6-12(8-13(7-11)24(28)29)20(27)31-10-17(25)14(9-21)18-22-15-4-2-3-5-16(15)23-18/h2-8,25H,10H2,1H3,(H,22,23)/b17-14-. The first-order chi connectivity index (χ1) is 14.8. The SMILES string of the molecule is COC(=O)c1cc(C(=O)OC/C(O)=C(\C#N)c2nc3ccccc3[nH]2)cc([N+](=O)[O-])c1. The predicted molar refractivity (Wildman–Crippen MR) is 106 cm³/mol. The van der Waals surface area contributed by atoms with Crippen LogP contribution in [0.5, 0.6) is 0 Å². The molecule has 0 radical (unpaired) electrons. The number of hydrogen-bond donors (Lipinski definition) is 2. The van der Waals surface area contributed by atoms with E-state index < -0.39 is 34.9 Å². The number of nitriles is 1. The molecule has 2 aromatic carbocycles. The summed E-state index contributed by atoms with van der Waals surface area (Å²) in [6, 6.07) is 11.7. The Hall–Kier alpha value is -4.72. The molecule has 0 aliphatic heterocycles. The molecule has 0 fully saturated rings. The van der Waals surface area contributed by atoms with Gasteiger partial charge < -0.3 is 19.6 Å². The Kier molecular flexibility index (Phi) is 5.92. The van der Waals surface area contributed by atoms with Crippen molar-refractivity contribution in [1.82, 2.24) is 9.97 Å². The molecular formula is C20H14N4O7. The Labute approximate surface area is 174 Å². The first-order valence-electron chi connectivity index (χ1n) is 8.66. The van der Waals surface area contributed by atoms with Gasteiger partial charge in [0.1, 0.15) is 18.2 Å². The van der Waals surface area contributed by atoms with Crippen LogP contribution in [0.25, 0.3) is 16.6 Å². The number of benzene rings is 2. The molecule has 31 heavy (non-hydrogen) atoms. The zero-order valence-corrected chi connectivity index (χ0v) is 16.0. The van der Waals surface area contributed by atoms with Gasteiger partial charge in [0, 0.05) is 12.1 Å². The molecule has 0 atom stereocenters. The Morgan fingerprint density at radius 2 is 1.90 bits per heavy atom. The number of nitrogens with zero attached hydrogens (tertiary/aromatic N) is 3. The molecule has 0 bridgehead atoms. The Bertz CT molecular complexity index is 1240. The molecule has 0 amide bonds. The number of allylic oxidation sites excluding steroid dienone is 1. The van der Waals surface area contributed by atoms with E-state index in [1.807, 2.05) is 0 Å². The van der Waals surface area contributed by atoms with Gasteiger partial charge in [0.05, 0.1) is 34.2 Å². The number of nitro benzene ring substituents is 1.